The van der Waals surface area contributed by atoms with Crippen molar-refractivity contribution in [3.8, 4) is 78.8 Å². The molecule has 10 aromatic rings. The van der Waals surface area contributed by atoms with E-state index in [0.29, 0.717) is 17.5 Å². The maximum atomic E-state index is 5.25. The van der Waals surface area contributed by atoms with Crippen molar-refractivity contribution >= 4 is 21.7 Å². The lowest BCUT2D eigenvalue weighted by Crippen LogP contribution is -2.01. The third-order valence-electron chi connectivity index (χ3n) is 10.3. The van der Waals surface area contributed by atoms with Gasteiger partial charge in [0.05, 0.1) is 11.2 Å². The normalized spacial score (nSPS) is 11.2. The fourth-order valence-electron chi connectivity index (χ4n) is 7.50. The summed E-state index contributed by atoms with van der Waals surface area (Å²) in [7, 11) is 0. The Morgan fingerprint density at radius 1 is 0.268 bits per heavy atom. The summed E-state index contributed by atoms with van der Waals surface area (Å²) in [6, 6.07) is 71.7. The number of benzene rings is 8. The molecule has 0 atom stereocenters. The zero-order chi connectivity index (χ0) is 37.3. The summed E-state index contributed by atoms with van der Waals surface area (Å²) < 4.78 is 0. The Morgan fingerprint density at radius 2 is 0.714 bits per heavy atom. The molecule has 10 rings (SSSR count). The van der Waals surface area contributed by atoms with Gasteiger partial charge < -0.3 is 0 Å². The summed E-state index contributed by atoms with van der Waals surface area (Å²) in [4.78, 5) is 20.8. The van der Waals surface area contributed by atoms with Crippen LogP contribution in [0.15, 0.2) is 206 Å². The van der Waals surface area contributed by atoms with Gasteiger partial charge >= 0.3 is 0 Å². The highest BCUT2D eigenvalue weighted by Crippen LogP contribution is 2.39. The third kappa shape index (κ3) is 6.40. The van der Waals surface area contributed by atoms with Crippen molar-refractivity contribution in [1.29, 1.82) is 0 Å². The molecule has 0 aliphatic carbocycles. The number of nitrogens with zero attached hydrogens (tertiary/aromatic N) is 4. The first-order valence-electron chi connectivity index (χ1n) is 18.8. The van der Waals surface area contributed by atoms with Crippen LogP contribution in [0, 0.1) is 0 Å². The predicted octanol–water partition coefficient (Wildman–Crippen LogP) is 13.2. The second kappa shape index (κ2) is 14.3. The van der Waals surface area contributed by atoms with E-state index in [9.17, 15) is 0 Å². The molecule has 0 saturated carbocycles. The summed E-state index contributed by atoms with van der Waals surface area (Å²) in [5.41, 5.74) is 12.4. The molecule has 2 heterocycles. The van der Waals surface area contributed by atoms with Crippen LogP contribution in [0.2, 0.25) is 0 Å². The van der Waals surface area contributed by atoms with E-state index in [-0.39, 0.29) is 0 Å². The third-order valence-corrected chi connectivity index (χ3v) is 10.3. The predicted molar refractivity (Wildman–Crippen MR) is 231 cm³/mol. The van der Waals surface area contributed by atoms with Crippen LogP contribution in [0.25, 0.3) is 100 Å². The highest BCUT2D eigenvalue weighted by Gasteiger charge is 2.17. The zero-order valence-electron chi connectivity index (χ0n) is 30.4. The van der Waals surface area contributed by atoms with Gasteiger partial charge in [0.2, 0.25) is 0 Å². The molecule has 2 aromatic heterocycles. The Kier molecular flexibility index (Phi) is 8.47. The first-order valence-corrected chi connectivity index (χ1v) is 18.8. The molecule has 0 saturated heterocycles. The number of aromatic nitrogens is 4. The molecular formula is C52H34N4. The summed E-state index contributed by atoms with van der Waals surface area (Å²) in [6.45, 7) is 0. The van der Waals surface area contributed by atoms with Crippen LogP contribution < -0.4 is 0 Å². The van der Waals surface area contributed by atoms with Crippen molar-refractivity contribution < 1.29 is 0 Å². The van der Waals surface area contributed by atoms with Gasteiger partial charge in [0, 0.05) is 27.6 Å². The standard InChI is InChI=1S/C52H34N4/c1-6-16-35(17-7-1)42-30-43(36-18-8-2-9-19-36)32-44(31-42)52-55-50(40-24-14-5-15-25-40)54-51(56-52)41-27-26-38-28-29-47-49(45(38)33-41)46(37-20-10-3-11-21-37)34-48(53-47)39-22-12-4-13-23-39/h1-34H. The molecule has 4 nitrogen and oxygen atoms in total. The Bertz CT molecular complexity index is 2930. The summed E-state index contributed by atoms with van der Waals surface area (Å²) >= 11 is 0. The Balaban J connectivity index is 1.20. The number of pyridine rings is 1. The fraction of sp³-hybridized carbons (Fsp3) is 0. The monoisotopic (exact) mass is 714 g/mol. The highest BCUT2D eigenvalue weighted by atomic mass is 15.0. The lowest BCUT2D eigenvalue weighted by atomic mass is 9.93. The van der Waals surface area contributed by atoms with Gasteiger partial charge in [-0.05, 0) is 80.6 Å². The van der Waals surface area contributed by atoms with Gasteiger partial charge in [-0.25, -0.2) is 19.9 Å². The van der Waals surface area contributed by atoms with E-state index in [2.05, 4.69) is 170 Å². The number of hydrogen-bond acceptors (Lipinski definition) is 4. The SMILES string of the molecule is c1ccc(-c2cc(-c3ccccc3)cc(-c3nc(-c4ccccc4)nc(-c4ccc5ccc6nc(-c7ccccc7)cc(-c7ccccc7)c6c5c4)n3)c2)cc1. The van der Waals surface area contributed by atoms with Crippen molar-refractivity contribution in [2.75, 3.05) is 0 Å². The van der Waals surface area contributed by atoms with E-state index in [1.54, 1.807) is 0 Å². The molecule has 262 valence electrons. The van der Waals surface area contributed by atoms with Crippen molar-refractivity contribution in [2.24, 2.45) is 0 Å². The number of rotatable bonds is 7. The number of hydrogen-bond donors (Lipinski definition) is 0. The van der Waals surface area contributed by atoms with Crippen molar-refractivity contribution in [2.45, 2.75) is 0 Å². The minimum atomic E-state index is 0.606. The van der Waals surface area contributed by atoms with Crippen LogP contribution in [-0.4, -0.2) is 19.9 Å². The minimum Gasteiger partial charge on any atom is -0.248 e. The molecule has 0 aliphatic heterocycles. The van der Waals surface area contributed by atoms with Crippen molar-refractivity contribution in [1.82, 2.24) is 19.9 Å². The molecule has 56 heavy (non-hydrogen) atoms. The summed E-state index contributed by atoms with van der Waals surface area (Å²) in [5.74, 6) is 1.84. The minimum absolute atomic E-state index is 0.606. The molecule has 0 amide bonds. The van der Waals surface area contributed by atoms with Crippen LogP contribution in [0.5, 0.6) is 0 Å². The molecule has 0 N–H and O–H groups in total. The maximum absolute atomic E-state index is 5.25. The lowest BCUT2D eigenvalue weighted by molar-refractivity contribution is 1.07. The molecule has 0 radical (unpaired) electrons. The maximum Gasteiger partial charge on any atom is 0.164 e. The largest absolute Gasteiger partial charge is 0.248 e. The summed E-state index contributed by atoms with van der Waals surface area (Å²) in [6.07, 6.45) is 0. The zero-order valence-corrected chi connectivity index (χ0v) is 30.4. The van der Waals surface area contributed by atoms with Gasteiger partial charge in [0.25, 0.3) is 0 Å². The molecule has 4 heteroatoms. The van der Waals surface area contributed by atoms with E-state index in [1.165, 1.54) is 0 Å². The van der Waals surface area contributed by atoms with E-state index in [0.717, 1.165) is 83.0 Å². The molecule has 0 aliphatic rings. The van der Waals surface area contributed by atoms with Crippen molar-refractivity contribution in [3.05, 3.63) is 206 Å². The van der Waals surface area contributed by atoms with Crippen LogP contribution in [0.1, 0.15) is 0 Å². The fourth-order valence-corrected chi connectivity index (χ4v) is 7.50. The molecular weight excluding hydrogens is 681 g/mol. The lowest BCUT2D eigenvalue weighted by Gasteiger charge is -2.14. The van der Waals surface area contributed by atoms with Crippen LogP contribution in [0.4, 0.5) is 0 Å². The van der Waals surface area contributed by atoms with E-state index < -0.39 is 0 Å². The quantitative estimate of drug-likeness (QED) is 0.154. The van der Waals surface area contributed by atoms with E-state index in [1.807, 2.05) is 36.4 Å². The van der Waals surface area contributed by atoms with Gasteiger partial charge in [0.1, 0.15) is 0 Å². The second-order valence-electron chi connectivity index (χ2n) is 13.9. The van der Waals surface area contributed by atoms with Crippen LogP contribution in [0.3, 0.4) is 0 Å². The van der Waals surface area contributed by atoms with Crippen LogP contribution in [-0.2, 0) is 0 Å². The molecule has 8 aromatic carbocycles. The van der Waals surface area contributed by atoms with Gasteiger partial charge in [-0.1, -0.05) is 170 Å². The smallest absolute Gasteiger partial charge is 0.164 e. The van der Waals surface area contributed by atoms with E-state index in [4.69, 9.17) is 19.9 Å². The average Bonchev–Trinajstić information content (AvgIpc) is 3.29. The van der Waals surface area contributed by atoms with Crippen molar-refractivity contribution in [3.63, 3.8) is 0 Å². The Morgan fingerprint density at radius 3 is 1.29 bits per heavy atom. The summed E-state index contributed by atoms with van der Waals surface area (Å²) in [5, 5.41) is 3.30. The topological polar surface area (TPSA) is 51.6 Å². The average molecular weight is 715 g/mol. The molecule has 0 bridgehead atoms. The molecule has 0 spiro atoms. The molecule has 0 fully saturated rings. The second-order valence-corrected chi connectivity index (χ2v) is 13.9. The molecule has 0 unspecified atom stereocenters. The Labute approximate surface area is 325 Å². The Hall–Kier alpha value is -7.56. The number of fused-ring (bicyclic) bond motifs is 3. The van der Waals surface area contributed by atoms with Gasteiger partial charge in [-0.2, -0.15) is 0 Å². The first kappa shape index (κ1) is 33.0. The van der Waals surface area contributed by atoms with Gasteiger partial charge in [-0.15, -0.1) is 0 Å². The van der Waals surface area contributed by atoms with Gasteiger partial charge in [-0.3, -0.25) is 0 Å². The first-order chi connectivity index (χ1) is 27.7. The van der Waals surface area contributed by atoms with E-state index >= 15 is 0 Å². The highest BCUT2D eigenvalue weighted by molar-refractivity contribution is 6.14. The van der Waals surface area contributed by atoms with Gasteiger partial charge in [0.15, 0.2) is 17.5 Å². The van der Waals surface area contributed by atoms with Crippen LogP contribution >= 0.6 is 0 Å².